The molecule has 0 aromatic heterocycles. The maximum atomic E-state index is 13.2. The van der Waals surface area contributed by atoms with E-state index in [1.54, 1.807) is 7.11 Å². The average molecular weight is 404 g/mol. The van der Waals surface area contributed by atoms with Crippen LogP contribution < -0.4 is 20.7 Å². The molecule has 0 bridgehead atoms. The summed E-state index contributed by atoms with van der Waals surface area (Å²) in [5, 5.41) is 12.0. The van der Waals surface area contributed by atoms with E-state index in [0.717, 1.165) is 27.8 Å². The van der Waals surface area contributed by atoms with Crippen molar-refractivity contribution in [2.24, 2.45) is 0 Å². The van der Waals surface area contributed by atoms with Gasteiger partial charge in [-0.05, 0) is 59.7 Å². The first-order chi connectivity index (χ1) is 14.1. The molecular weight excluding hydrogens is 382 g/mol. The third-order valence-corrected chi connectivity index (χ3v) is 5.22. The molecule has 0 spiro atoms. The normalized spacial score (nSPS) is 16.2. The van der Waals surface area contributed by atoms with Gasteiger partial charge in [-0.25, -0.2) is 0 Å². The first-order valence-corrected chi connectivity index (χ1v) is 9.69. The number of ether oxygens (including phenoxy) is 1. The van der Waals surface area contributed by atoms with E-state index < -0.39 is 0 Å². The van der Waals surface area contributed by atoms with Crippen molar-refractivity contribution in [2.45, 2.75) is 13.0 Å². The lowest BCUT2D eigenvalue weighted by Crippen LogP contribution is -2.45. The van der Waals surface area contributed by atoms with Gasteiger partial charge in [0, 0.05) is 11.4 Å². The van der Waals surface area contributed by atoms with Crippen molar-refractivity contribution in [3.8, 4) is 5.75 Å². The summed E-state index contributed by atoms with van der Waals surface area (Å²) in [6.07, 6.45) is 0. The number of anilines is 1. The van der Waals surface area contributed by atoms with Crippen molar-refractivity contribution < 1.29 is 9.53 Å². The Morgan fingerprint density at radius 1 is 1.03 bits per heavy atom. The molecule has 0 radical (unpaired) electrons. The van der Waals surface area contributed by atoms with Crippen LogP contribution in [0.2, 0.25) is 0 Å². The minimum Gasteiger partial charge on any atom is -0.497 e. The van der Waals surface area contributed by atoms with Gasteiger partial charge in [0.15, 0.2) is 5.11 Å². The summed E-state index contributed by atoms with van der Waals surface area (Å²) in [5.74, 6) is 0.548. The Kier molecular flexibility index (Phi) is 5.18. The molecule has 0 saturated heterocycles. The van der Waals surface area contributed by atoms with Gasteiger partial charge in [-0.2, -0.15) is 0 Å². The number of hydrogen-bond acceptors (Lipinski definition) is 3. The van der Waals surface area contributed by atoms with E-state index in [0.29, 0.717) is 16.4 Å². The van der Waals surface area contributed by atoms with Crippen LogP contribution in [-0.2, 0) is 4.79 Å². The number of amides is 1. The third-order valence-electron chi connectivity index (χ3n) is 5.00. The Bertz CT molecular complexity index is 1120. The molecule has 1 amide bonds. The fourth-order valence-corrected chi connectivity index (χ4v) is 3.87. The quantitative estimate of drug-likeness (QED) is 0.568. The number of carbonyl (C=O) groups excluding carboxylic acids is 1. The minimum absolute atomic E-state index is 0.187. The molecule has 146 valence electrons. The second-order valence-corrected chi connectivity index (χ2v) is 7.23. The highest BCUT2D eigenvalue weighted by molar-refractivity contribution is 7.80. The zero-order valence-electron chi connectivity index (χ0n) is 16.2. The maximum absolute atomic E-state index is 13.2. The van der Waals surface area contributed by atoms with Gasteiger partial charge in [-0.15, -0.1) is 0 Å². The van der Waals surface area contributed by atoms with Crippen LogP contribution in [0, 0.1) is 0 Å². The Hall–Kier alpha value is -3.38. The molecule has 0 unspecified atom stereocenters. The van der Waals surface area contributed by atoms with Crippen LogP contribution in [0.1, 0.15) is 18.5 Å². The van der Waals surface area contributed by atoms with E-state index >= 15 is 0 Å². The Morgan fingerprint density at radius 3 is 2.52 bits per heavy atom. The zero-order chi connectivity index (χ0) is 20.4. The van der Waals surface area contributed by atoms with Crippen molar-refractivity contribution in [2.75, 3.05) is 12.4 Å². The minimum atomic E-state index is -0.354. The summed E-state index contributed by atoms with van der Waals surface area (Å²) in [4.78, 5) is 13.2. The van der Waals surface area contributed by atoms with Crippen LogP contribution in [0.4, 0.5) is 5.69 Å². The number of allylic oxidation sites excluding steroid dienone is 1. The number of hydrogen-bond donors (Lipinski definition) is 3. The summed E-state index contributed by atoms with van der Waals surface area (Å²) in [6.45, 7) is 1.87. The summed E-state index contributed by atoms with van der Waals surface area (Å²) < 4.78 is 5.18. The third kappa shape index (κ3) is 3.79. The van der Waals surface area contributed by atoms with E-state index in [1.165, 1.54) is 0 Å². The first-order valence-electron chi connectivity index (χ1n) is 9.28. The number of fused-ring (bicyclic) bond motifs is 1. The number of carbonyl (C=O) groups is 1. The predicted molar refractivity (Wildman–Crippen MR) is 120 cm³/mol. The number of nitrogens with one attached hydrogen (secondary N) is 3. The molecular formula is C23H21N3O2S. The molecule has 6 heteroatoms. The fraction of sp³-hybridized carbons (Fsp3) is 0.130. The molecule has 0 saturated carbocycles. The van der Waals surface area contributed by atoms with Gasteiger partial charge >= 0.3 is 0 Å². The van der Waals surface area contributed by atoms with Crippen LogP contribution in [-0.4, -0.2) is 18.1 Å². The molecule has 3 aromatic rings. The summed E-state index contributed by atoms with van der Waals surface area (Å²) in [7, 11) is 1.61. The standard InChI is InChI=1S/C23H21N3O2S/c1-14-20(22(27)25-16-10-12-17(28-2)13-11-16)21(26-23(29)24-14)19-9-5-7-15-6-3-4-8-18(15)19/h3-13,21H,1-2H3,(H,25,27)(H2,24,26,29)/t21-/m1/s1. The molecule has 1 heterocycles. The second-order valence-electron chi connectivity index (χ2n) is 6.82. The fourth-order valence-electron chi connectivity index (χ4n) is 3.60. The molecule has 0 fully saturated rings. The van der Waals surface area contributed by atoms with Gasteiger partial charge in [-0.3, -0.25) is 4.79 Å². The molecule has 29 heavy (non-hydrogen) atoms. The number of methoxy groups -OCH3 is 1. The molecule has 1 aliphatic rings. The molecule has 0 aliphatic carbocycles. The molecule has 3 N–H and O–H groups in total. The van der Waals surface area contributed by atoms with Crippen molar-refractivity contribution in [3.63, 3.8) is 0 Å². The van der Waals surface area contributed by atoms with Crippen molar-refractivity contribution in [3.05, 3.63) is 83.6 Å². The second kappa shape index (κ2) is 7.93. The highest BCUT2D eigenvalue weighted by atomic mass is 32.1. The van der Waals surface area contributed by atoms with Crippen LogP contribution in [0.25, 0.3) is 10.8 Å². The van der Waals surface area contributed by atoms with Gasteiger partial charge in [0.2, 0.25) is 0 Å². The Balaban J connectivity index is 1.73. The SMILES string of the molecule is COc1ccc(NC(=O)C2=C(C)NC(=S)N[C@@H]2c2cccc3ccccc23)cc1. The summed E-state index contributed by atoms with van der Waals surface area (Å²) in [6, 6.07) is 21.1. The monoisotopic (exact) mass is 403 g/mol. The van der Waals surface area contributed by atoms with E-state index in [2.05, 4.69) is 34.1 Å². The molecule has 3 aromatic carbocycles. The molecule has 4 rings (SSSR count). The summed E-state index contributed by atoms with van der Waals surface area (Å²) >= 11 is 5.38. The van der Waals surface area contributed by atoms with Crippen molar-refractivity contribution in [1.82, 2.24) is 10.6 Å². The summed E-state index contributed by atoms with van der Waals surface area (Å²) in [5.41, 5.74) is 3.04. The highest BCUT2D eigenvalue weighted by Gasteiger charge is 2.30. The number of benzene rings is 3. The van der Waals surface area contributed by atoms with E-state index in [4.69, 9.17) is 17.0 Å². The van der Waals surface area contributed by atoms with Gasteiger partial charge in [0.05, 0.1) is 18.7 Å². The molecule has 5 nitrogen and oxygen atoms in total. The predicted octanol–water partition coefficient (Wildman–Crippen LogP) is 4.28. The Morgan fingerprint density at radius 2 is 1.76 bits per heavy atom. The van der Waals surface area contributed by atoms with Gasteiger partial charge < -0.3 is 20.7 Å². The van der Waals surface area contributed by atoms with Crippen LogP contribution in [0.5, 0.6) is 5.75 Å². The Labute approximate surface area is 174 Å². The van der Waals surface area contributed by atoms with Crippen molar-refractivity contribution >= 4 is 39.7 Å². The van der Waals surface area contributed by atoms with Crippen LogP contribution in [0.15, 0.2) is 78.0 Å². The lowest BCUT2D eigenvalue weighted by Gasteiger charge is -2.31. The van der Waals surface area contributed by atoms with Crippen LogP contribution >= 0.6 is 12.2 Å². The van der Waals surface area contributed by atoms with E-state index in [9.17, 15) is 4.79 Å². The number of rotatable bonds is 4. The van der Waals surface area contributed by atoms with Gasteiger partial charge in [-0.1, -0.05) is 42.5 Å². The average Bonchev–Trinajstić information content (AvgIpc) is 2.73. The molecule has 1 aliphatic heterocycles. The molecule has 1 atom stereocenters. The van der Waals surface area contributed by atoms with E-state index in [1.807, 2.05) is 55.5 Å². The largest absolute Gasteiger partial charge is 0.497 e. The van der Waals surface area contributed by atoms with Crippen LogP contribution in [0.3, 0.4) is 0 Å². The van der Waals surface area contributed by atoms with Crippen molar-refractivity contribution in [1.29, 1.82) is 0 Å². The highest BCUT2D eigenvalue weighted by Crippen LogP contribution is 2.32. The first kappa shape index (κ1) is 19.0. The van der Waals surface area contributed by atoms with Gasteiger partial charge in [0.1, 0.15) is 5.75 Å². The lowest BCUT2D eigenvalue weighted by atomic mass is 9.91. The topological polar surface area (TPSA) is 62.4 Å². The van der Waals surface area contributed by atoms with E-state index in [-0.39, 0.29) is 11.9 Å². The van der Waals surface area contributed by atoms with Gasteiger partial charge in [0.25, 0.3) is 5.91 Å². The lowest BCUT2D eigenvalue weighted by molar-refractivity contribution is -0.113. The smallest absolute Gasteiger partial charge is 0.255 e. The maximum Gasteiger partial charge on any atom is 0.255 e. The zero-order valence-corrected chi connectivity index (χ0v) is 17.0. The number of thiocarbonyl (C=S) groups is 1.